The molecule has 1 aromatic carbocycles. The van der Waals surface area contributed by atoms with Crippen molar-refractivity contribution in [1.29, 1.82) is 0 Å². The number of hydrogen-bond donors (Lipinski definition) is 2. The molecule has 10 heteroatoms. The maximum absolute atomic E-state index is 14.1. The van der Waals surface area contributed by atoms with E-state index in [1.165, 1.54) is 6.07 Å². The smallest absolute Gasteiger partial charge is 0.237 e. The van der Waals surface area contributed by atoms with Crippen molar-refractivity contribution >= 4 is 54.0 Å². The molecule has 1 aromatic heterocycles. The number of aromatic nitrogens is 1. The Bertz CT molecular complexity index is 1000. The predicted octanol–water partition coefficient (Wildman–Crippen LogP) is 4.17. The van der Waals surface area contributed by atoms with E-state index in [9.17, 15) is 17.6 Å². The van der Waals surface area contributed by atoms with Crippen LogP contribution in [-0.4, -0.2) is 24.6 Å². The number of sulfonamides is 1. The van der Waals surface area contributed by atoms with Gasteiger partial charge in [0.1, 0.15) is 5.82 Å². The molecule has 146 valence electrons. The van der Waals surface area contributed by atoms with E-state index >= 15 is 0 Å². The SMILES string of the molecule is Cc1cc(NC(=O)C(C)(C)c2csc(NS(=O)(=O)C3CC3)n2)c(F)cc1Br. The van der Waals surface area contributed by atoms with Gasteiger partial charge in [0.2, 0.25) is 15.9 Å². The van der Waals surface area contributed by atoms with E-state index in [-0.39, 0.29) is 16.1 Å². The van der Waals surface area contributed by atoms with Crippen LogP contribution in [0.3, 0.4) is 0 Å². The third-order valence-corrected chi connectivity index (χ3v) is 7.97. The van der Waals surface area contributed by atoms with Gasteiger partial charge in [0.15, 0.2) is 5.13 Å². The van der Waals surface area contributed by atoms with Gasteiger partial charge in [0, 0.05) is 9.85 Å². The number of halogens is 2. The fraction of sp³-hybridized carbons (Fsp3) is 0.412. The quantitative estimate of drug-likeness (QED) is 0.655. The molecule has 1 heterocycles. The van der Waals surface area contributed by atoms with Crippen LogP contribution in [0, 0.1) is 12.7 Å². The van der Waals surface area contributed by atoms with Gasteiger partial charge < -0.3 is 5.32 Å². The summed E-state index contributed by atoms with van der Waals surface area (Å²) in [6.45, 7) is 5.10. The zero-order chi connectivity index (χ0) is 20.0. The van der Waals surface area contributed by atoms with Crippen molar-refractivity contribution in [1.82, 2.24) is 4.98 Å². The van der Waals surface area contributed by atoms with Crippen LogP contribution in [0.2, 0.25) is 0 Å². The van der Waals surface area contributed by atoms with E-state index in [4.69, 9.17) is 0 Å². The molecule has 0 atom stereocenters. The van der Waals surface area contributed by atoms with Crippen molar-refractivity contribution in [3.8, 4) is 0 Å². The Hall–Kier alpha value is -1.52. The molecule has 0 unspecified atom stereocenters. The Morgan fingerprint density at radius 2 is 2.04 bits per heavy atom. The van der Waals surface area contributed by atoms with Crippen LogP contribution in [0.4, 0.5) is 15.2 Å². The maximum atomic E-state index is 14.1. The van der Waals surface area contributed by atoms with Crippen molar-refractivity contribution in [3.05, 3.63) is 39.1 Å². The molecule has 0 bridgehead atoms. The Morgan fingerprint density at radius 1 is 1.37 bits per heavy atom. The second-order valence-electron chi connectivity index (χ2n) is 7.04. The monoisotopic (exact) mass is 475 g/mol. The molecule has 0 spiro atoms. The number of benzene rings is 1. The van der Waals surface area contributed by atoms with Crippen LogP contribution >= 0.6 is 27.3 Å². The minimum atomic E-state index is -3.41. The lowest BCUT2D eigenvalue weighted by Crippen LogP contribution is -2.35. The summed E-state index contributed by atoms with van der Waals surface area (Å²) in [6, 6.07) is 2.84. The third-order valence-electron chi connectivity index (χ3n) is 4.40. The van der Waals surface area contributed by atoms with Gasteiger partial charge in [-0.05, 0) is 51.3 Å². The molecule has 27 heavy (non-hydrogen) atoms. The molecular weight excluding hydrogens is 457 g/mol. The van der Waals surface area contributed by atoms with Gasteiger partial charge in [-0.1, -0.05) is 15.9 Å². The molecule has 1 aliphatic rings. The highest BCUT2D eigenvalue weighted by Crippen LogP contribution is 2.33. The second kappa shape index (κ2) is 7.14. The first-order valence-corrected chi connectivity index (χ1v) is 11.5. The Morgan fingerprint density at radius 3 is 2.67 bits per heavy atom. The van der Waals surface area contributed by atoms with E-state index in [0.29, 0.717) is 23.0 Å². The molecule has 1 aliphatic carbocycles. The normalized spacial score (nSPS) is 14.9. The molecule has 6 nitrogen and oxygen atoms in total. The summed E-state index contributed by atoms with van der Waals surface area (Å²) in [5.41, 5.74) is 0.203. The highest BCUT2D eigenvalue weighted by molar-refractivity contribution is 9.10. The molecule has 1 fully saturated rings. The van der Waals surface area contributed by atoms with E-state index in [1.54, 1.807) is 32.2 Å². The highest BCUT2D eigenvalue weighted by atomic mass is 79.9. The summed E-state index contributed by atoms with van der Waals surface area (Å²) in [7, 11) is -3.41. The number of carbonyl (C=O) groups excluding carboxylic acids is 1. The lowest BCUT2D eigenvalue weighted by atomic mass is 9.89. The summed E-state index contributed by atoms with van der Waals surface area (Å²) in [5.74, 6) is -0.988. The number of carbonyl (C=O) groups is 1. The van der Waals surface area contributed by atoms with Crippen molar-refractivity contribution in [2.24, 2.45) is 0 Å². The fourth-order valence-corrected chi connectivity index (χ4v) is 5.13. The van der Waals surface area contributed by atoms with Crippen molar-refractivity contribution in [2.75, 3.05) is 10.0 Å². The number of nitrogens with one attached hydrogen (secondary N) is 2. The number of rotatable bonds is 6. The number of anilines is 2. The fourth-order valence-electron chi connectivity index (χ4n) is 2.34. The third kappa shape index (κ3) is 4.33. The van der Waals surface area contributed by atoms with E-state index in [1.807, 2.05) is 0 Å². The molecule has 0 radical (unpaired) electrons. The number of thiazole rings is 1. The molecular formula is C17H19BrFN3O3S2. The van der Waals surface area contributed by atoms with Gasteiger partial charge in [-0.25, -0.2) is 17.8 Å². The molecule has 1 amide bonds. The van der Waals surface area contributed by atoms with E-state index < -0.39 is 27.2 Å². The molecule has 3 rings (SSSR count). The van der Waals surface area contributed by atoms with E-state index in [0.717, 1.165) is 16.9 Å². The number of amides is 1. The van der Waals surface area contributed by atoms with Crippen LogP contribution in [-0.2, 0) is 20.2 Å². The minimum absolute atomic E-state index is 0.0821. The standard InChI is InChI=1S/C17H19BrFN3O3S2/c1-9-6-13(12(19)7-11(9)18)20-15(23)17(2,3)14-8-26-16(21-14)22-27(24,25)10-4-5-10/h6-8,10H,4-5H2,1-3H3,(H,20,23)(H,21,22). The van der Waals surface area contributed by atoms with Gasteiger partial charge in [-0.3, -0.25) is 9.52 Å². The van der Waals surface area contributed by atoms with Crippen molar-refractivity contribution < 1.29 is 17.6 Å². The lowest BCUT2D eigenvalue weighted by molar-refractivity contribution is -0.120. The number of nitrogens with zero attached hydrogens (tertiary/aromatic N) is 1. The number of hydrogen-bond acceptors (Lipinski definition) is 5. The summed E-state index contributed by atoms with van der Waals surface area (Å²) in [6.07, 6.45) is 1.30. The molecule has 2 aromatic rings. The molecule has 1 saturated carbocycles. The summed E-state index contributed by atoms with van der Waals surface area (Å²) < 4.78 is 41.2. The maximum Gasteiger partial charge on any atom is 0.237 e. The molecule has 0 aliphatic heterocycles. The predicted molar refractivity (Wildman–Crippen MR) is 108 cm³/mol. The van der Waals surface area contributed by atoms with E-state index in [2.05, 4.69) is 31.0 Å². The van der Waals surface area contributed by atoms with Crippen molar-refractivity contribution in [2.45, 2.75) is 44.3 Å². The Balaban J connectivity index is 1.77. The minimum Gasteiger partial charge on any atom is -0.323 e. The van der Waals surface area contributed by atoms with Gasteiger partial charge in [0.05, 0.1) is 22.0 Å². The summed E-state index contributed by atoms with van der Waals surface area (Å²) in [4.78, 5) is 17.0. The summed E-state index contributed by atoms with van der Waals surface area (Å²) in [5, 5.41) is 4.10. The van der Waals surface area contributed by atoms with Crippen LogP contribution in [0.5, 0.6) is 0 Å². The zero-order valence-electron chi connectivity index (χ0n) is 15.0. The number of aryl methyl sites for hydroxylation is 1. The largest absolute Gasteiger partial charge is 0.323 e. The van der Waals surface area contributed by atoms with Gasteiger partial charge in [-0.15, -0.1) is 11.3 Å². The average Bonchev–Trinajstić information content (AvgIpc) is 3.33. The summed E-state index contributed by atoms with van der Waals surface area (Å²) >= 11 is 4.36. The Kier molecular flexibility index (Phi) is 5.35. The van der Waals surface area contributed by atoms with Crippen LogP contribution in [0.25, 0.3) is 0 Å². The zero-order valence-corrected chi connectivity index (χ0v) is 18.2. The highest BCUT2D eigenvalue weighted by Gasteiger charge is 2.37. The lowest BCUT2D eigenvalue weighted by Gasteiger charge is -2.22. The first-order chi connectivity index (χ1) is 12.5. The van der Waals surface area contributed by atoms with Gasteiger partial charge in [0.25, 0.3) is 0 Å². The topological polar surface area (TPSA) is 88.2 Å². The van der Waals surface area contributed by atoms with Crippen LogP contribution in [0.1, 0.15) is 37.9 Å². The van der Waals surface area contributed by atoms with Crippen LogP contribution < -0.4 is 10.0 Å². The molecule has 2 N–H and O–H groups in total. The van der Waals surface area contributed by atoms with Gasteiger partial charge in [-0.2, -0.15) is 0 Å². The Labute approximate surface area is 169 Å². The first-order valence-electron chi connectivity index (χ1n) is 8.25. The van der Waals surface area contributed by atoms with Crippen LogP contribution in [0.15, 0.2) is 22.0 Å². The molecule has 0 saturated heterocycles. The second-order valence-corrected chi connectivity index (χ2v) is 10.7. The van der Waals surface area contributed by atoms with Gasteiger partial charge >= 0.3 is 0 Å². The average molecular weight is 476 g/mol. The first kappa shape index (κ1) is 20.2. The van der Waals surface area contributed by atoms with Crippen molar-refractivity contribution in [3.63, 3.8) is 0 Å².